The van der Waals surface area contributed by atoms with E-state index >= 15 is 0 Å². The standard InChI is InChI=1S/C27H23FN6O/c1-3-18-9-10-19-13-29-26(34(18)19)22-5-4-6-25(31-22)32-27(35)20-12-24(16(2)11-21(20)28)33-14-23(30-15-33)17-7-8-17/h1,4-6,11-15,17-18H,7-10H2,2H3,(H,31,32,35)/t18-/m0/s1. The highest BCUT2D eigenvalue weighted by atomic mass is 19.1. The van der Waals surface area contributed by atoms with Crippen molar-refractivity contribution in [3.05, 3.63) is 77.4 Å². The predicted octanol–water partition coefficient (Wildman–Crippen LogP) is 4.83. The zero-order valence-electron chi connectivity index (χ0n) is 19.2. The summed E-state index contributed by atoms with van der Waals surface area (Å²) in [6.45, 7) is 1.81. The number of aromatic nitrogens is 5. The average Bonchev–Trinajstić information content (AvgIpc) is 3.25. The fourth-order valence-electron chi connectivity index (χ4n) is 4.68. The molecule has 4 heterocycles. The van der Waals surface area contributed by atoms with Crippen molar-refractivity contribution >= 4 is 11.7 Å². The molecule has 0 bridgehead atoms. The van der Waals surface area contributed by atoms with Gasteiger partial charge in [0.05, 0.1) is 29.3 Å². The number of amides is 1. The van der Waals surface area contributed by atoms with Gasteiger partial charge in [-0.05, 0) is 62.4 Å². The third-order valence-corrected chi connectivity index (χ3v) is 6.68. The van der Waals surface area contributed by atoms with Gasteiger partial charge >= 0.3 is 0 Å². The van der Waals surface area contributed by atoms with E-state index < -0.39 is 11.7 Å². The molecule has 1 saturated carbocycles. The number of nitrogens with one attached hydrogen (secondary N) is 1. The zero-order valence-corrected chi connectivity index (χ0v) is 19.2. The number of nitrogens with zero attached hydrogens (tertiary/aromatic N) is 5. The molecule has 1 amide bonds. The molecule has 0 unspecified atom stereocenters. The second-order valence-electron chi connectivity index (χ2n) is 9.13. The van der Waals surface area contributed by atoms with E-state index in [2.05, 4.69) is 26.2 Å². The molecule has 0 spiro atoms. The molecule has 1 N–H and O–H groups in total. The maximum atomic E-state index is 14.8. The Bertz CT molecular complexity index is 1510. The Morgan fingerprint density at radius 1 is 1.23 bits per heavy atom. The van der Waals surface area contributed by atoms with E-state index in [0.717, 1.165) is 42.6 Å². The van der Waals surface area contributed by atoms with Gasteiger partial charge in [-0.1, -0.05) is 12.0 Å². The summed E-state index contributed by atoms with van der Waals surface area (Å²) in [4.78, 5) is 26.6. The first kappa shape index (κ1) is 21.3. The van der Waals surface area contributed by atoms with Crippen LogP contribution in [0, 0.1) is 25.1 Å². The number of aryl methyl sites for hydroxylation is 2. The van der Waals surface area contributed by atoms with Gasteiger partial charge < -0.3 is 14.5 Å². The Morgan fingerprint density at radius 3 is 2.89 bits per heavy atom. The third-order valence-electron chi connectivity index (χ3n) is 6.68. The molecule has 8 heteroatoms. The van der Waals surface area contributed by atoms with Gasteiger partial charge in [-0.25, -0.2) is 19.3 Å². The summed E-state index contributed by atoms with van der Waals surface area (Å²) >= 11 is 0. The van der Waals surface area contributed by atoms with Gasteiger partial charge in [0.25, 0.3) is 5.91 Å². The van der Waals surface area contributed by atoms with Crippen LogP contribution in [0.4, 0.5) is 10.2 Å². The molecule has 1 aliphatic heterocycles. The molecule has 7 nitrogen and oxygen atoms in total. The van der Waals surface area contributed by atoms with E-state index in [0.29, 0.717) is 28.9 Å². The van der Waals surface area contributed by atoms with E-state index in [1.54, 1.807) is 24.5 Å². The van der Waals surface area contributed by atoms with Gasteiger partial charge in [0, 0.05) is 24.0 Å². The lowest BCUT2D eigenvalue weighted by Gasteiger charge is -2.13. The molecule has 4 aromatic rings. The molecule has 0 saturated heterocycles. The molecule has 2 aliphatic rings. The second kappa shape index (κ2) is 8.20. The quantitative estimate of drug-likeness (QED) is 0.428. The number of rotatable bonds is 5. The fourth-order valence-corrected chi connectivity index (χ4v) is 4.68. The van der Waals surface area contributed by atoms with Crippen LogP contribution in [0.25, 0.3) is 17.2 Å². The summed E-state index contributed by atoms with van der Waals surface area (Å²) in [5.74, 6) is 3.10. The predicted molar refractivity (Wildman–Crippen MR) is 130 cm³/mol. The van der Waals surface area contributed by atoms with Gasteiger partial charge in [-0.2, -0.15) is 0 Å². The van der Waals surface area contributed by atoms with Crippen molar-refractivity contribution in [2.45, 2.75) is 44.6 Å². The number of hydrogen-bond acceptors (Lipinski definition) is 4. The summed E-state index contributed by atoms with van der Waals surface area (Å²) in [6.07, 6.45) is 15.2. The van der Waals surface area contributed by atoms with Gasteiger partial charge in [-0.3, -0.25) is 4.79 Å². The van der Waals surface area contributed by atoms with E-state index in [1.165, 1.54) is 6.07 Å². The number of anilines is 1. The number of hydrogen-bond donors (Lipinski definition) is 1. The Kier molecular flexibility index (Phi) is 4.99. The van der Waals surface area contributed by atoms with Crippen molar-refractivity contribution < 1.29 is 9.18 Å². The van der Waals surface area contributed by atoms with Crippen molar-refractivity contribution in [1.82, 2.24) is 24.1 Å². The molecular weight excluding hydrogens is 443 g/mol. The number of carbonyl (C=O) groups excluding carboxylic acids is 1. The lowest BCUT2D eigenvalue weighted by Crippen LogP contribution is -2.16. The minimum absolute atomic E-state index is 0.0615. The summed E-state index contributed by atoms with van der Waals surface area (Å²) in [5.41, 5.74) is 4.05. The Hall–Kier alpha value is -4.25. The van der Waals surface area contributed by atoms with Crippen molar-refractivity contribution in [2.75, 3.05) is 5.32 Å². The molecule has 35 heavy (non-hydrogen) atoms. The molecule has 1 atom stereocenters. The van der Waals surface area contributed by atoms with E-state index in [4.69, 9.17) is 6.42 Å². The number of terminal acetylenes is 1. The largest absolute Gasteiger partial charge is 0.312 e. The second-order valence-corrected chi connectivity index (χ2v) is 9.13. The lowest BCUT2D eigenvalue weighted by atomic mass is 10.1. The summed E-state index contributed by atoms with van der Waals surface area (Å²) in [7, 11) is 0. The van der Waals surface area contributed by atoms with Gasteiger partial charge in [0.2, 0.25) is 0 Å². The van der Waals surface area contributed by atoms with Crippen LogP contribution in [0.3, 0.4) is 0 Å². The molecule has 1 fully saturated rings. The van der Waals surface area contributed by atoms with Crippen molar-refractivity contribution in [3.63, 3.8) is 0 Å². The number of imidazole rings is 2. The van der Waals surface area contributed by atoms with Gasteiger partial charge in [-0.15, -0.1) is 6.42 Å². The lowest BCUT2D eigenvalue weighted by molar-refractivity contribution is 0.102. The maximum Gasteiger partial charge on any atom is 0.259 e. The minimum atomic E-state index is -0.592. The van der Waals surface area contributed by atoms with Crippen LogP contribution in [-0.2, 0) is 6.42 Å². The summed E-state index contributed by atoms with van der Waals surface area (Å²) in [6, 6.07) is 8.13. The minimum Gasteiger partial charge on any atom is -0.312 e. The highest BCUT2D eigenvalue weighted by Crippen LogP contribution is 2.39. The van der Waals surface area contributed by atoms with Crippen LogP contribution in [0.1, 0.15) is 58.5 Å². The fraction of sp³-hybridized carbons (Fsp3) is 0.259. The molecule has 3 aromatic heterocycles. The van der Waals surface area contributed by atoms with Crippen LogP contribution >= 0.6 is 0 Å². The first-order valence-corrected chi connectivity index (χ1v) is 11.7. The molecule has 174 valence electrons. The van der Waals surface area contributed by atoms with Crippen LogP contribution in [0.5, 0.6) is 0 Å². The highest BCUT2D eigenvalue weighted by Gasteiger charge is 2.27. The van der Waals surface area contributed by atoms with Crippen molar-refractivity contribution in [3.8, 4) is 29.5 Å². The van der Waals surface area contributed by atoms with Crippen molar-refractivity contribution in [1.29, 1.82) is 0 Å². The number of carbonyl (C=O) groups is 1. The summed E-state index contributed by atoms with van der Waals surface area (Å²) < 4.78 is 18.7. The molecule has 6 rings (SSSR count). The molecular formula is C27H23FN6O. The third kappa shape index (κ3) is 3.79. The first-order chi connectivity index (χ1) is 17.0. The van der Waals surface area contributed by atoms with Gasteiger partial charge in [0.15, 0.2) is 5.82 Å². The van der Waals surface area contributed by atoms with E-state index in [1.807, 2.05) is 34.5 Å². The Morgan fingerprint density at radius 2 is 2.09 bits per heavy atom. The van der Waals surface area contributed by atoms with Crippen LogP contribution in [0.2, 0.25) is 0 Å². The zero-order chi connectivity index (χ0) is 24.1. The van der Waals surface area contributed by atoms with Crippen molar-refractivity contribution in [2.24, 2.45) is 0 Å². The molecule has 1 aromatic carbocycles. The topological polar surface area (TPSA) is 77.6 Å². The molecule has 0 radical (unpaired) electrons. The number of benzene rings is 1. The first-order valence-electron chi connectivity index (χ1n) is 11.7. The normalized spacial score (nSPS) is 16.7. The van der Waals surface area contributed by atoms with Crippen LogP contribution in [-0.4, -0.2) is 30.0 Å². The highest BCUT2D eigenvalue weighted by molar-refractivity contribution is 6.04. The number of halogens is 1. The number of pyridine rings is 1. The monoisotopic (exact) mass is 466 g/mol. The Labute approximate surface area is 202 Å². The molecule has 1 aliphatic carbocycles. The SMILES string of the molecule is C#C[C@H]1CCc2cnc(-c3cccc(NC(=O)c4cc(-n5cnc(C6CC6)c5)c(C)cc4F)n3)n21. The smallest absolute Gasteiger partial charge is 0.259 e. The van der Waals surface area contributed by atoms with Crippen LogP contribution < -0.4 is 5.32 Å². The van der Waals surface area contributed by atoms with Gasteiger partial charge in [0.1, 0.15) is 17.3 Å². The summed E-state index contributed by atoms with van der Waals surface area (Å²) in [5, 5.41) is 2.73. The van der Waals surface area contributed by atoms with E-state index in [9.17, 15) is 9.18 Å². The Balaban J connectivity index is 1.28. The van der Waals surface area contributed by atoms with E-state index in [-0.39, 0.29) is 11.6 Å². The maximum absolute atomic E-state index is 14.8. The van der Waals surface area contributed by atoms with Crippen LogP contribution in [0.15, 0.2) is 49.1 Å². The number of fused-ring (bicyclic) bond motifs is 1. The average molecular weight is 467 g/mol.